The van der Waals surface area contributed by atoms with Crippen molar-refractivity contribution in [3.63, 3.8) is 0 Å². The molecule has 1 rings (SSSR count). The third kappa shape index (κ3) is 2.54. The minimum Gasteiger partial charge on any atom is -0.390 e. The van der Waals surface area contributed by atoms with Crippen molar-refractivity contribution in [2.24, 2.45) is 5.73 Å². The van der Waals surface area contributed by atoms with Gasteiger partial charge in [-0.2, -0.15) is 0 Å². The largest absolute Gasteiger partial charge is 0.390 e. The molecule has 14 heavy (non-hydrogen) atoms. The topological polar surface area (TPSA) is 46.2 Å². The third-order valence-electron chi connectivity index (χ3n) is 2.60. The summed E-state index contributed by atoms with van der Waals surface area (Å²) in [6.07, 6.45) is 0. The average Bonchev–Trinajstić information content (AvgIpc) is 2.20. The molecule has 1 atom stereocenters. The molecule has 1 unspecified atom stereocenters. The van der Waals surface area contributed by atoms with E-state index in [4.69, 9.17) is 10.8 Å². The highest BCUT2D eigenvalue weighted by Crippen LogP contribution is 2.19. The van der Waals surface area contributed by atoms with E-state index in [9.17, 15) is 0 Å². The molecule has 0 fully saturated rings. The van der Waals surface area contributed by atoms with E-state index in [1.165, 1.54) is 5.69 Å². The van der Waals surface area contributed by atoms with Gasteiger partial charge in [-0.1, -0.05) is 18.2 Å². The Morgan fingerprint density at radius 3 is 2.36 bits per heavy atom. The van der Waals surface area contributed by atoms with Crippen molar-refractivity contribution in [2.45, 2.75) is 0 Å². The molecule has 78 valence electrons. The van der Waals surface area contributed by atoms with Crippen LogP contribution in [0.2, 0.25) is 0 Å². The molecular weight excluding hydrogens is 176 g/mol. The van der Waals surface area contributed by atoms with Crippen LogP contribution in [0.5, 0.6) is 0 Å². The number of hydrogen-bond donors (Lipinski definition) is 2. The van der Waals surface area contributed by atoms with Crippen LogP contribution in [0.4, 0.5) is 5.69 Å². The first kappa shape index (κ1) is 11.2. The lowest BCUT2D eigenvalue weighted by Crippen LogP contribution is -2.50. The SMILES string of the molecule is C[N+](CCN)(CCO)c1ccccc1. The molecular formula is C11H19N2O+. The number of aliphatic hydroxyl groups excluding tert-OH is 1. The van der Waals surface area contributed by atoms with Gasteiger partial charge in [0, 0.05) is 6.54 Å². The monoisotopic (exact) mass is 195 g/mol. The second-order valence-corrected chi connectivity index (χ2v) is 3.69. The maximum Gasteiger partial charge on any atom is 0.132 e. The van der Waals surface area contributed by atoms with Crippen LogP contribution < -0.4 is 10.2 Å². The van der Waals surface area contributed by atoms with E-state index in [-0.39, 0.29) is 6.61 Å². The summed E-state index contributed by atoms with van der Waals surface area (Å²) < 4.78 is 0.702. The maximum absolute atomic E-state index is 9.03. The minimum absolute atomic E-state index is 0.186. The van der Waals surface area contributed by atoms with Crippen LogP contribution in [0, 0.1) is 0 Å². The van der Waals surface area contributed by atoms with Gasteiger partial charge in [0.25, 0.3) is 0 Å². The number of para-hydroxylation sites is 1. The number of rotatable bonds is 5. The number of benzene rings is 1. The third-order valence-corrected chi connectivity index (χ3v) is 2.60. The summed E-state index contributed by atoms with van der Waals surface area (Å²) in [5.74, 6) is 0. The summed E-state index contributed by atoms with van der Waals surface area (Å²) in [7, 11) is 2.10. The minimum atomic E-state index is 0.186. The molecule has 0 saturated carbocycles. The quantitative estimate of drug-likeness (QED) is 0.675. The Morgan fingerprint density at radius 1 is 1.21 bits per heavy atom. The van der Waals surface area contributed by atoms with Gasteiger partial charge in [-0.15, -0.1) is 0 Å². The van der Waals surface area contributed by atoms with E-state index in [1.54, 1.807) is 0 Å². The molecule has 0 spiro atoms. The van der Waals surface area contributed by atoms with E-state index in [0.29, 0.717) is 17.6 Å². The number of nitrogens with zero attached hydrogens (tertiary/aromatic N) is 1. The van der Waals surface area contributed by atoms with Gasteiger partial charge in [0.15, 0.2) is 0 Å². The zero-order valence-electron chi connectivity index (χ0n) is 8.69. The van der Waals surface area contributed by atoms with Crippen molar-refractivity contribution >= 4 is 5.69 Å². The number of nitrogens with two attached hydrogens (primary N) is 1. The molecule has 3 nitrogen and oxygen atoms in total. The van der Waals surface area contributed by atoms with Crippen LogP contribution in [0.15, 0.2) is 30.3 Å². The molecule has 0 heterocycles. The Labute approximate surface area is 85.4 Å². The summed E-state index contributed by atoms with van der Waals surface area (Å²) in [5, 5.41) is 9.03. The summed E-state index contributed by atoms with van der Waals surface area (Å²) in [5.41, 5.74) is 6.79. The lowest BCUT2D eigenvalue weighted by molar-refractivity contribution is 0.224. The fourth-order valence-electron chi connectivity index (χ4n) is 1.66. The number of aliphatic hydroxyl groups is 1. The fourth-order valence-corrected chi connectivity index (χ4v) is 1.66. The van der Waals surface area contributed by atoms with Crippen molar-refractivity contribution in [1.29, 1.82) is 0 Å². The van der Waals surface area contributed by atoms with E-state index >= 15 is 0 Å². The molecule has 0 amide bonds. The van der Waals surface area contributed by atoms with Crippen LogP contribution in [0.3, 0.4) is 0 Å². The van der Waals surface area contributed by atoms with Crippen molar-refractivity contribution < 1.29 is 5.11 Å². The highest BCUT2D eigenvalue weighted by Gasteiger charge is 2.22. The number of quaternary nitrogens is 1. The first-order chi connectivity index (χ1) is 6.73. The van der Waals surface area contributed by atoms with Gasteiger partial charge < -0.3 is 10.8 Å². The molecule has 0 aliphatic carbocycles. The lowest BCUT2D eigenvalue weighted by Gasteiger charge is -2.33. The Balaban J connectivity index is 2.87. The van der Waals surface area contributed by atoms with E-state index < -0.39 is 0 Å². The van der Waals surface area contributed by atoms with Crippen molar-refractivity contribution in [1.82, 2.24) is 4.48 Å². The van der Waals surface area contributed by atoms with Gasteiger partial charge in [-0.05, 0) is 12.1 Å². The van der Waals surface area contributed by atoms with Crippen LogP contribution in [-0.2, 0) is 0 Å². The van der Waals surface area contributed by atoms with Crippen LogP contribution in [-0.4, -0.2) is 38.4 Å². The predicted octanol–water partition coefficient (Wildman–Crippen LogP) is 0.575. The molecule has 0 aromatic heterocycles. The van der Waals surface area contributed by atoms with Gasteiger partial charge >= 0.3 is 0 Å². The molecule has 0 saturated heterocycles. The highest BCUT2D eigenvalue weighted by atomic mass is 16.3. The van der Waals surface area contributed by atoms with Gasteiger partial charge in [-0.3, -0.25) is 4.48 Å². The first-order valence-corrected chi connectivity index (χ1v) is 4.94. The molecule has 3 N–H and O–H groups in total. The van der Waals surface area contributed by atoms with Gasteiger partial charge in [0.2, 0.25) is 0 Å². The van der Waals surface area contributed by atoms with Gasteiger partial charge in [0.1, 0.15) is 12.2 Å². The maximum atomic E-state index is 9.03. The second-order valence-electron chi connectivity index (χ2n) is 3.69. The zero-order valence-corrected chi connectivity index (χ0v) is 8.69. The van der Waals surface area contributed by atoms with Crippen LogP contribution in [0.1, 0.15) is 0 Å². The molecule has 3 heteroatoms. The second kappa shape index (κ2) is 5.10. The van der Waals surface area contributed by atoms with Crippen LogP contribution in [0.25, 0.3) is 0 Å². The molecule has 0 aliphatic rings. The van der Waals surface area contributed by atoms with Crippen LogP contribution >= 0.6 is 0 Å². The molecule has 1 aromatic carbocycles. The number of hydrogen-bond acceptors (Lipinski definition) is 2. The summed E-state index contributed by atoms with van der Waals surface area (Å²) >= 11 is 0. The average molecular weight is 195 g/mol. The fraction of sp³-hybridized carbons (Fsp3) is 0.455. The Kier molecular flexibility index (Phi) is 4.07. The van der Waals surface area contributed by atoms with Gasteiger partial charge in [-0.25, -0.2) is 0 Å². The van der Waals surface area contributed by atoms with Crippen molar-refractivity contribution in [3.05, 3.63) is 30.3 Å². The summed E-state index contributed by atoms with van der Waals surface area (Å²) in [4.78, 5) is 0. The molecule has 0 bridgehead atoms. The molecule has 0 radical (unpaired) electrons. The standard InChI is InChI=1S/C11H19N2O/c1-13(8-7-12,9-10-14)11-5-3-2-4-6-11/h2-6,14H,7-10,12H2,1H3/q+1. The van der Waals surface area contributed by atoms with Crippen molar-refractivity contribution in [2.75, 3.05) is 33.3 Å². The summed E-state index contributed by atoms with van der Waals surface area (Å²) in [6, 6.07) is 10.2. The number of likely N-dealkylation sites (N-methyl/N-ethyl adjacent to an activating group) is 1. The first-order valence-electron chi connectivity index (χ1n) is 4.94. The van der Waals surface area contributed by atoms with E-state index in [1.807, 2.05) is 18.2 Å². The Hall–Kier alpha value is -0.900. The lowest BCUT2D eigenvalue weighted by atomic mass is 10.2. The molecule has 1 aromatic rings. The van der Waals surface area contributed by atoms with Gasteiger partial charge in [0.05, 0.1) is 20.2 Å². The van der Waals surface area contributed by atoms with Crippen molar-refractivity contribution in [3.8, 4) is 0 Å². The summed E-state index contributed by atoms with van der Waals surface area (Å²) in [6.45, 7) is 2.38. The Bertz CT molecular complexity index is 255. The predicted molar refractivity (Wildman–Crippen MR) is 60.0 cm³/mol. The Morgan fingerprint density at radius 2 is 1.86 bits per heavy atom. The molecule has 0 aliphatic heterocycles. The zero-order chi connectivity index (χ0) is 10.4. The smallest absolute Gasteiger partial charge is 0.132 e. The highest BCUT2D eigenvalue weighted by molar-refractivity contribution is 5.41. The van der Waals surface area contributed by atoms with E-state index in [2.05, 4.69) is 19.2 Å². The van der Waals surface area contributed by atoms with E-state index in [0.717, 1.165) is 6.54 Å². The normalized spacial score (nSPS) is 15.1.